The van der Waals surface area contributed by atoms with E-state index in [0.29, 0.717) is 16.5 Å². The lowest BCUT2D eigenvalue weighted by Gasteiger charge is -2.29. The Bertz CT molecular complexity index is 1600. The van der Waals surface area contributed by atoms with Crippen molar-refractivity contribution in [1.29, 1.82) is 0 Å². The van der Waals surface area contributed by atoms with E-state index >= 15 is 0 Å². The van der Waals surface area contributed by atoms with Gasteiger partial charge in [0.05, 0.1) is 36.8 Å². The molecule has 0 spiro atoms. The Morgan fingerprint density at radius 3 is 2.46 bits per heavy atom. The number of aromatic nitrogens is 2. The van der Waals surface area contributed by atoms with Gasteiger partial charge in [-0.2, -0.15) is 0 Å². The van der Waals surface area contributed by atoms with Crippen molar-refractivity contribution in [2.45, 2.75) is 32.5 Å². The number of thiocarbonyl (C=S) groups is 1. The van der Waals surface area contributed by atoms with Crippen molar-refractivity contribution in [3.8, 4) is 5.75 Å². The molecule has 2 aromatic carbocycles. The molecule has 1 saturated heterocycles. The highest BCUT2D eigenvalue weighted by molar-refractivity contribution is 7.92. The smallest absolute Gasteiger partial charge is 0.229 e. The first-order chi connectivity index (χ1) is 18.7. The molecule has 2 N–H and O–H groups in total. The monoisotopic (exact) mass is 561 g/mol. The van der Waals surface area contributed by atoms with Gasteiger partial charge in [-0.25, -0.2) is 8.42 Å². The van der Waals surface area contributed by atoms with E-state index in [9.17, 15) is 8.42 Å². The van der Waals surface area contributed by atoms with Crippen LogP contribution in [0, 0.1) is 13.8 Å². The van der Waals surface area contributed by atoms with E-state index in [0.717, 1.165) is 41.1 Å². The molecule has 0 amide bonds. The van der Waals surface area contributed by atoms with Crippen molar-refractivity contribution >= 4 is 38.7 Å². The molecule has 1 fully saturated rings. The van der Waals surface area contributed by atoms with Crippen LogP contribution in [0.1, 0.15) is 40.3 Å². The SMILES string of the molecule is COc1ccc(N2C(=S)N[C@H](c3ccccn3)[C@H]2c2cc(C)n(Cc3ccccc3)c2C)cc1NS(C)(=O)=O. The summed E-state index contributed by atoms with van der Waals surface area (Å²) in [4.78, 5) is 6.69. The van der Waals surface area contributed by atoms with Gasteiger partial charge in [-0.1, -0.05) is 36.4 Å². The second kappa shape index (κ2) is 10.7. The van der Waals surface area contributed by atoms with Crippen LogP contribution in [0.3, 0.4) is 0 Å². The lowest BCUT2D eigenvalue weighted by atomic mass is 9.96. The summed E-state index contributed by atoms with van der Waals surface area (Å²) >= 11 is 5.89. The van der Waals surface area contributed by atoms with Crippen molar-refractivity contribution in [2.75, 3.05) is 23.0 Å². The minimum atomic E-state index is -3.53. The summed E-state index contributed by atoms with van der Waals surface area (Å²) in [6, 6.07) is 23.4. The third-order valence-electron chi connectivity index (χ3n) is 6.97. The maximum atomic E-state index is 12.1. The molecule has 8 nitrogen and oxygen atoms in total. The standard InChI is InChI=1S/C29H31N5O3S2/c1-19-16-23(20(2)33(19)18-21-10-6-5-7-11-21)28-27(24-12-8-9-15-30-24)31-29(38)34(28)22-13-14-26(37-3)25(17-22)32-39(4,35)36/h5-17,27-28,32H,18H2,1-4H3,(H,31,38)/t27-,28-/m1/s1. The Morgan fingerprint density at radius 2 is 1.79 bits per heavy atom. The van der Waals surface area contributed by atoms with Crippen molar-refractivity contribution in [3.05, 3.63) is 107 Å². The molecule has 4 aromatic rings. The third-order valence-corrected chi connectivity index (χ3v) is 7.87. The van der Waals surface area contributed by atoms with Gasteiger partial charge in [-0.3, -0.25) is 9.71 Å². The van der Waals surface area contributed by atoms with Crippen LogP contribution in [0.4, 0.5) is 11.4 Å². The largest absolute Gasteiger partial charge is 0.495 e. The first-order valence-corrected chi connectivity index (χ1v) is 14.8. The Kier molecular flexibility index (Phi) is 7.33. The van der Waals surface area contributed by atoms with Crippen LogP contribution in [0.25, 0.3) is 0 Å². The minimum Gasteiger partial charge on any atom is -0.495 e. The summed E-state index contributed by atoms with van der Waals surface area (Å²) in [6.07, 6.45) is 2.89. The molecule has 1 aliphatic rings. The molecule has 1 aliphatic heterocycles. The maximum Gasteiger partial charge on any atom is 0.229 e. The van der Waals surface area contributed by atoms with E-state index < -0.39 is 10.0 Å². The van der Waals surface area contributed by atoms with Gasteiger partial charge in [0, 0.05) is 29.8 Å². The molecular weight excluding hydrogens is 530 g/mol. The van der Waals surface area contributed by atoms with Crippen molar-refractivity contribution in [1.82, 2.24) is 14.9 Å². The normalized spacial score (nSPS) is 17.2. The number of nitrogens with zero attached hydrogens (tertiary/aromatic N) is 3. The second-order valence-corrected chi connectivity index (χ2v) is 11.8. The number of hydrogen-bond donors (Lipinski definition) is 2. The Balaban J connectivity index is 1.64. The lowest BCUT2D eigenvalue weighted by Crippen LogP contribution is -2.29. The number of pyridine rings is 1. The van der Waals surface area contributed by atoms with Crippen molar-refractivity contribution in [2.24, 2.45) is 0 Å². The number of ether oxygens (including phenoxy) is 1. The molecule has 0 radical (unpaired) electrons. The van der Waals surface area contributed by atoms with Crippen LogP contribution >= 0.6 is 12.2 Å². The quantitative estimate of drug-likeness (QED) is 0.289. The molecular formula is C29H31N5O3S2. The lowest BCUT2D eigenvalue weighted by molar-refractivity contribution is 0.417. The van der Waals surface area contributed by atoms with Crippen LogP contribution in [-0.2, 0) is 16.6 Å². The fourth-order valence-electron chi connectivity index (χ4n) is 5.21. The summed E-state index contributed by atoms with van der Waals surface area (Å²) in [5.41, 5.74) is 6.53. The highest BCUT2D eigenvalue weighted by Crippen LogP contribution is 2.44. The zero-order chi connectivity index (χ0) is 27.7. The molecule has 0 aliphatic carbocycles. The molecule has 39 heavy (non-hydrogen) atoms. The summed E-state index contributed by atoms with van der Waals surface area (Å²) in [7, 11) is -2.03. The molecule has 0 bridgehead atoms. The van der Waals surface area contributed by atoms with Gasteiger partial charge < -0.3 is 19.5 Å². The van der Waals surface area contributed by atoms with Gasteiger partial charge in [-0.15, -0.1) is 0 Å². The van der Waals surface area contributed by atoms with Crippen LogP contribution < -0.4 is 19.7 Å². The minimum absolute atomic E-state index is 0.224. The number of sulfonamides is 1. The Morgan fingerprint density at radius 1 is 1.05 bits per heavy atom. The molecule has 10 heteroatoms. The molecule has 0 saturated carbocycles. The zero-order valence-corrected chi connectivity index (χ0v) is 23.9. The maximum absolute atomic E-state index is 12.1. The van der Waals surface area contributed by atoms with Gasteiger partial charge in [0.25, 0.3) is 0 Å². The molecule has 202 valence electrons. The Labute approximate surface area is 234 Å². The Hall–Kier alpha value is -3.89. The molecule has 2 aromatic heterocycles. The molecule has 3 heterocycles. The number of aryl methyl sites for hydroxylation is 1. The fourth-order valence-corrected chi connectivity index (χ4v) is 6.12. The highest BCUT2D eigenvalue weighted by atomic mass is 32.2. The molecule has 0 unspecified atom stereocenters. The van der Waals surface area contributed by atoms with Gasteiger partial charge in [0.1, 0.15) is 5.75 Å². The van der Waals surface area contributed by atoms with E-state index in [4.69, 9.17) is 17.0 Å². The number of methoxy groups -OCH3 is 1. The summed E-state index contributed by atoms with van der Waals surface area (Å²) in [5, 5.41) is 4.01. The molecule has 2 atom stereocenters. The van der Waals surface area contributed by atoms with Crippen LogP contribution in [0.15, 0.2) is 79.0 Å². The van der Waals surface area contributed by atoms with E-state index in [-0.39, 0.29) is 12.1 Å². The van der Waals surface area contributed by atoms with E-state index in [2.05, 4.69) is 51.6 Å². The topological polar surface area (TPSA) is 88.5 Å². The third kappa shape index (κ3) is 5.48. The zero-order valence-electron chi connectivity index (χ0n) is 22.3. The number of benzene rings is 2. The predicted molar refractivity (Wildman–Crippen MR) is 159 cm³/mol. The number of nitrogens with one attached hydrogen (secondary N) is 2. The van der Waals surface area contributed by atoms with Crippen molar-refractivity contribution < 1.29 is 13.2 Å². The number of anilines is 2. The highest BCUT2D eigenvalue weighted by Gasteiger charge is 2.42. The average Bonchev–Trinajstić information content (AvgIpc) is 3.39. The van der Waals surface area contributed by atoms with Gasteiger partial charge >= 0.3 is 0 Å². The van der Waals surface area contributed by atoms with Gasteiger partial charge in [0.15, 0.2) is 5.11 Å². The van der Waals surface area contributed by atoms with Gasteiger partial charge in [-0.05, 0) is 73.6 Å². The van der Waals surface area contributed by atoms with Crippen LogP contribution in [-0.4, -0.2) is 36.4 Å². The fraction of sp³-hybridized carbons (Fsp3) is 0.241. The second-order valence-electron chi connectivity index (χ2n) is 9.65. The van der Waals surface area contributed by atoms with Crippen LogP contribution in [0.2, 0.25) is 0 Å². The first kappa shape index (κ1) is 26.7. The van der Waals surface area contributed by atoms with E-state index in [1.165, 1.54) is 12.7 Å². The van der Waals surface area contributed by atoms with E-state index in [1.54, 1.807) is 18.3 Å². The first-order valence-electron chi connectivity index (χ1n) is 12.5. The summed E-state index contributed by atoms with van der Waals surface area (Å²) in [5.74, 6) is 0.418. The predicted octanol–water partition coefficient (Wildman–Crippen LogP) is 5.11. The van der Waals surface area contributed by atoms with Crippen molar-refractivity contribution in [3.63, 3.8) is 0 Å². The van der Waals surface area contributed by atoms with E-state index in [1.807, 2.05) is 47.4 Å². The summed E-state index contributed by atoms with van der Waals surface area (Å²) in [6.45, 7) is 5.00. The summed E-state index contributed by atoms with van der Waals surface area (Å²) < 4.78 is 34.5. The van der Waals surface area contributed by atoms with Crippen LogP contribution in [0.5, 0.6) is 5.75 Å². The number of rotatable bonds is 8. The van der Waals surface area contributed by atoms with Gasteiger partial charge in [0.2, 0.25) is 10.0 Å². The molecule has 5 rings (SSSR count). The number of hydrogen-bond acceptors (Lipinski definition) is 5. The average molecular weight is 562 g/mol.